The van der Waals surface area contributed by atoms with Crippen LogP contribution >= 0.6 is 15.9 Å². The van der Waals surface area contributed by atoms with Crippen LogP contribution in [0.4, 0.5) is 0 Å². The SMILES string of the molecule is CN[C@H]1CCCN(C(=O)c2cnn(-c3ccc(Br)cc3)c2C)C1. The lowest BCUT2D eigenvalue weighted by Gasteiger charge is -2.32. The molecule has 1 N–H and O–H groups in total. The third-order valence-electron chi connectivity index (χ3n) is 4.43. The molecule has 2 aromatic rings. The van der Waals surface area contributed by atoms with E-state index in [0.717, 1.165) is 41.8 Å². The highest BCUT2D eigenvalue weighted by molar-refractivity contribution is 9.10. The summed E-state index contributed by atoms with van der Waals surface area (Å²) >= 11 is 3.43. The molecule has 1 atom stereocenters. The number of carbonyl (C=O) groups excluding carboxylic acids is 1. The van der Waals surface area contributed by atoms with E-state index in [1.165, 1.54) is 0 Å². The number of carbonyl (C=O) groups is 1. The zero-order valence-corrected chi connectivity index (χ0v) is 15.0. The summed E-state index contributed by atoms with van der Waals surface area (Å²) in [6.07, 6.45) is 3.84. The Morgan fingerprint density at radius 2 is 2.09 bits per heavy atom. The normalized spacial score (nSPS) is 18.2. The van der Waals surface area contributed by atoms with Gasteiger partial charge in [0.2, 0.25) is 0 Å². The van der Waals surface area contributed by atoms with Gasteiger partial charge in [-0.2, -0.15) is 5.10 Å². The number of halogens is 1. The Morgan fingerprint density at radius 3 is 2.78 bits per heavy atom. The molecule has 5 nitrogen and oxygen atoms in total. The Bertz CT molecular complexity index is 695. The van der Waals surface area contributed by atoms with E-state index in [1.54, 1.807) is 6.20 Å². The molecular weight excluding hydrogens is 356 g/mol. The van der Waals surface area contributed by atoms with Crippen molar-refractivity contribution in [1.82, 2.24) is 20.0 Å². The molecule has 1 aromatic carbocycles. The van der Waals surface area contributed by atoms with E-state index in [4.69, 9.17) is 0 Å². The third kappa shape index (κ3) is 3.33. The lowest BCUT2D eigenvalue weighted by atomic mass is 10.0. The molecule has 23 heavy (non-hydrogen) atoms. The highest BCUT2D eigenvalue weighted by atomic mass is 79.9. The van der Waals surface area contributed by atoms with E-state index < -0.39 is 0 Å². The maximum atomic E-state index is 12.8. The topological polar surface area (TPSA) is 50.2 Å². The predicted molar refractivity (Wildman–Crippen MR) is 94.0 cm³/mol. The van der Waals surface area contributed by atoms with Crippen molar-refractivity contribution < 1.29 is 4.79 Å². The fourth-order valence-electron chi connectivity index (χ4n) is 3.03. The van der Waals surface area contributed by atoms with Gasteiger partial charge in [0.15, 0.2) is 0 Å². The number of amides is 1. The first kappa shape index (κ1) is 16.2. The molecule has 2 heterocycles. The lowest BCUT2D eigenvalue weighted by molar-refractivity contribution is 0.0697. The average molecular weight is 377 g/mol. The number of likely N-dealkylation sites (tertiary alicyclic amines) is 1. The minimum Gasteiger partial charge on any atom is -0.337 e. The van der Waals surface area contributed by atoms with Crippen molar-refractivity contribution in [1.29, 1.82) is 0 Å². The van der Waals surface area contributed by atoms with Gasteiger partial charge in [-0.3, -0.25) is 4.79 Å². The van der Waals surface area contributed by atoms with E-state index in [0.29, 0.717) is 11.6 Å². The summed E-state index contributed by atoms with van der Waals surface area (Å²) in [5, 5.41) is 7.68. The van der Waals surface area contributed by atoms with Crippen molar-refractivity contribution in [2.75, 3.05) is 20.1 Å². The molecule has 0 aliphatic carbocycles. The van der Waals surface area contributed by atoms with Crippen LogP contribution in [-0.4, -0.2) is 46.8 Å². The number of likely N-dealkylation sites (N-methyl/N-ethyl adjacent to an activating group) is 1. The number of nitrogens with one attached hydrogen (secondary N) is 1. The zero-order valence-electron chi connectivity index (χ0n) is 13.4. The summed E-state index contributed by atoms with van der Waals surface area (Å²) in [5.41, 5.74) is 2.52. The van der Waals surface area contributed by atoms with Crippen molar-refractivity contribution in [3.8, 4) is 5.69 Å². The summed E-state index contributed by atoms with van der Waals surface area (Å²) in [6.45, 7) is 3.53. The van der Waals surface area contributed by atoms with Gasteiger partial charge in [-0.1, -0.05) is 15.9 Å². The number of piperidine rings is 1. The Morgan fingerprint density at radius 1 is 1.35 bits per heavy atom. The number of benzene rings is 1. The Balaban J connectivity index is 1.83. The summed E-state index contributed by atoms with van der Waals surface area (Å²) in [5.74, 6) is 0.0748. The van der Waals surface area contributed by atoms with E-state index in [-0.39, 0.29) is 5.91 Å². The maximum Gasteiger partial charge on any atom is 0.257 e. The van der Waals surface area contributed by atoms with Crippen molar-refractivity contribution in [2.24, 2.45) is 0 Å². The molecule has 6 heteroatoms. The van der Waals surface area contributed by atoms with E-state index >= 15 is 0 Å². The zero-order chi connectivity index (χ0) is 16.4. The van der Waals surface area contributed by atoms with Crippen LogP contribution in [0.5, 0.6) is 0 Å². The highest BCUT2D eigenvalue weighted by Gasteiger charge is 2.26. The predicted octanol–water partition coefficient (Wildman–Crippen LogP) is 2.77. The first-order valence-corrected chi connectivity index (χ1v) is 8.66. The van der Waals surface area contributed by atoms with Crippen molar-refractivity contribution >= 4 is 21.8 Å². The number of hydrogen-bond donors (Lipinski definition) is 1. The Kier molecular flexibility index (Phi) is 4.82. The van der Waals surface area contributed by atoms with Crippen LogP contribution in [0.25, 0.3) is 5.69 Å². The van der Waals surface area contributed by atoms with Gasteiger partial charge < -0.3 is 10.2 Å². The van der Waals surface area contributed by atoms with E-state index in [9.17, 15) is 4.79 Å². The minimum atomic E-state index is 0.0748. The van der Waals surface area contributed by atoms with Crippen LogP contribution in [0.2, 0.25) is 0 Å². The maximum absolute atomic E-state index is 12.8. The second kappa shape index (κ2) is 6.84. The molecule has 0 saturated carbocycles. The molecule has 0 bridgehead atoms. The summed E-state index contributed by atoms with van der Waals surface area (Å²) in [4.78, 5) is 14.7. The number of nitrogens with zero attached hydrogens (tertiary/aromatic N) is 3. The number of hydrogen-bond acceptors (Lipinski definition) is 3. The van der Waals surface area contributed by atoms with Crippen LogP contribution in [0.15, 0.2) is 34.9 Å². The fourth-order valence-corrected chi connectivity index (χ4v) is 3.29. The van der Waals surface area contributed by atoms with Crippen LogP contribution < -0.4 is 5.32 Å². The molecule has 122 valence electrons. The van der Waals surface area contributed by atoms with Crippen LogP contribution in [0.3, 0.4) is 0 Å². The van der Waals surface area contributed by atoms with Gasteiger partial charge in [-0.25, -0.2) is 4.68 Å². The largest absolute Gasteiger partial charge is 0.337 e. The van der Waals surface area contributed by atoms with Gasteiger partial charge in [-0.05, 0) is 51.1 Å². The molecule has 1 aromatic heterocycles. The smallest absolute Gasteiger partial charge is 0.257 e. The second-order valence-electron chi connectivity index (χ2n) is 5.91. The molecular formula is C17H21BrN4O. The molecule has 1 saturated heterocycles. The third-order valence-corrected chi connectivity index (χ3v) is 4.96. The number of rotatable bonds is 3. The summed E-state index contributed by atoms with van der Waals surface area (Å²) in [7, 11) is 1.95. The second-order valence-corrected chi connectivity index (χ2v) is 6.83. The van der Waals surface area contributed by atoms with Gasteiger partial charge in [0.25, 0.3) is 5.91 Å². The first-order chi connectivity index (χ1) is 11.1. The molecule has 0 spiro atoms. The van der Waals surface area contributed by atoms with Gasteiger partial charge in [0.1, 0.15) is 0 Å². The van der Waals surface area contributed by atoms with E-state index in [1.807, 2.05) is 47.8 Å². The number of aromatic nitrogens is 2. The molecule has 3 rings (SSSR count). The van der Waals surface area contributed by atoms with Crippen molar-refractivity contribution in [2.45, 2.75) is 25.8 Å². The van der Waals surface area contributed by atoms with Gasteiger partial charge >= 0.3 is 0 Å². The molecule has 1 amide bonds. The molecule has 0 radical (unpaired) electrons. The van der Waals surface area contributed by atoms with Crippen LogP contribution in [0.1, 0.15) is 28.9 Å². The molecule has 0 unspecified atom stereocenters. The lowest BCUT2D eigenvalue weighted by Crippen LogP contribution is -2.47. The van der Waals surface area contributed by atoms with Crippen molar-refractivity contribution in [3.63, 3.8) is 0 Å². The molecule has 1 aliphatic rings. The van der Waals surface area contributed by atoms with Crippen molar-refractivity contribution in [3.05, 3.63) is 46.2 Å². The van der Waals surface area contributed by atoms with Gasteiger partial charge in [0.05, 0.1) is 23.1 Å². The van der Waals surface area contributed by atoms with Crippen LogP contribution in [-0.2, 0) is 0 Å². The van der Waals surface area contributed by atoms with Gasteiger partial charge in [0, 0.05) is 23.6 Å². The minimum absolute atomic E-state index is 0.0748. The highest BCUT2D eigenvalue weighted by Crippen LogP contribution is 2.20. The summed E-state index contributed by atoms with van der Waals surface area (Å²) < 4.78 is 2.84. The first-order valence-electron chi connectivity index (χ1n) is 7.87. The van der Waals surface area contributed by atoms with Crippen LogP contribution in [0, 0.1) is 6.92 Å². The Hall–Kier alpha value is -1.66. The molecule has 1 fully saturated rings. The quantitative estimate of drug-likeness (QED) is 0.895. The van der Waals surface area contributed by atoms with E-state index in [2.05, 4.69) is 26.3 Å². The monoisotopic (exact) mass is 376 g/mol. The Labute approximate surface area is 144 Å². The summed E-state index contributed by atoms with van der Waals surface area (Å²) in [6, 6.07) is 8.29. The molecule has 1 aliphatic heterocycles. The fraction of sp³-hybridized carbons (Fsp3) is 0.412. The van der Waals surface area contributed by atoms with Gasteiger partial charge in [-0.15, -0.1) is 0 Å². The average Bonchev–Trinajstić information content (AvgIpc) is 2.96. The standard InChI is InChI=1S/C17H21BrN4O/c1-12-16(17(23)21-9-3-4-14(11-21)19-2)10-20-22(12)15-7-5-13(18)6-8-15/h5-8,10,14,19H,3-4,9,11H2,1-2H3/t14-/m0/s1.